The summed E-state index contributed by atoms with van der Waals surface area (Å²) < 4.78 is 19.2. The van der Waals surface area contributed by atoms with Gasteiger partial charge in [-0.15, -0.1) is 0 Å². The number of hydrogen-bond acceptors (Lipinski definition) is 6. The first-order chi connectivity index (χ1) is 13.2. The summed E-state index contributed by atoms with van der Waals surface area (Å²) in [7, 11) is 1.66. The molecule has 3 aromatic rings. The molecule has 1 N–H and O–H groups in total. The average molecular weight is 383 g/mol. The molecule has 0 radical (unpaired) electrons. The molecule has 0 aliphatic carbocycles. The summed E-state index contributed by atoms with van der Waals surface area (Å²) in [5, 5.41) is 3.12. The Bertz CT molecular complexity index is 933. The predicted octanol–water partition coefficient (Wildman–Crippen LogP) is 3.18. The predicted molar refractivity (Wildman–Crippen MR) is 104 cm³/mol. The Hall–Kier alpha value is -2.51. The van der Waals surface area contributed by atoms with Crippen molar-refractivity contribution in [2.75, 3.05) is 26.9 Å². The molecule has 4 rings (SSSR count). The number of fused-ring (bicyclic) bond motifs is 1. The van der Waals surface area contributed by atoms with Gasteiger partial charge in [-0.2, -0.15) is 8.75 Å². The summed E-state index contributed by atoms with van der Waals surface area (Å²) in [6, 6.07) is 13.5. The highest BCUT2D eigenvalue weighted by Gasteiger charge is 2.35. The number of carbonyl (C=O) groups is 1. The van der Waals surface area contributed by atoms with Crippen molar-refractivity contribution in [1.82, 2.24) is 14.1 Å². The van der Waals surface area contributed by atoms with E-state index in [0.717, 1.165) is 41.4 Å². The quantitative estimate of drug-likeness (QED) is 0.733. The van der Waals surface area contributed by atoms with E-state index < -0.39 is 0 Å². The number of hydrogen-bond donors (Lipinski definition) is 1. The van der Waals surface area contributed by atoms with Crippen LogP contribution in [0.25, 0.3) is 11.0 Å². The number of aromatic nitrogens is 2. The van der Waals surface area contributed by atoms with E-state index in [4.69, 9.17) is 9.47 Å². The number of methoxy groups -OCH3 is 1. The molecule has 0 bridgehead atoms. The normalized spacial score (nSPS) is 16.2. The molecule has 1 saturated heterocycles. The van der Waals surface area contributed by atoms with E-state index >= 15 is 0 Å². The lowest BCUT2D eigenvalue weighted by molar-refractivity contribution is 0.0487. The van der Waals surface area contributed by atoms with Gasteiger partial charge in [-0.25, -0.2) is 0 Å². The minimum atomic E-state index is -0.132. The summed E-state index contributed by atoms with van der Waals surface area (Å²) >= 11 is 1.15. The maximum Gasteiger partial charge on any atom is 0.251 e. The molecule has 0 saturated carbocycles. The number of nitrogens with one attached hydrogen (secondary N) is 1. The first kappa shape index (κ1) is 17.9. The van der Waals surface area contributed by atoms with Crippen molar-refractivity contribution in [2.24, 2.45) is 0 Å². The van der Waals surface area contributed by atoms with Crippen LogP contribution in [0.1, 0.15) is 28.8 Å². The van der Waals surface area contributed by atoms with E-state index in [1.54, 1.807) is 19.2 Å². The molecule has 140 valence electrons. The lowest BCUT2D eigenvalue weighted by atomic mass is 9.74. The third-order valence-corrected chi connectivity index (χ3v) is 5.81. The third-order valence-electron chi connectivity index (χ3n) is 5.26. The van der Waals surface area contributed by atoms with Crippen LogP contribution < -0.4 is 10.1 Å². The van der Waals surface area contributed by atoms with E-state index in [1.807, 2.05) is 18.2 Å². The molecule has 1 amide bonds. The van der Waals surface area contributed by atoms with Gasteiger partial charge in [-0.1, -0.05) is 12.1 Å². The number of benzene rings is 2. The van der Waals surface area contributed by atoms with Crippen molar-refractivity contribution in [3.05, 3.63) is 53.6 Å². The summed E-state index contributed by atoms with van der Waals surface area (Å²) in [5.41, 5.74) is 3.24. The number of rotatable bonds is 5. The second kappa shape index (κ2) is 7.62. The molecule has 1 aliphatic rings. The van der Waals surface area contributed by atoms with Crippen LogP contribution in [0.15, 0.2) is 42.5 Å². The van der Waals surface area contributed by atoms with E-state index in [-0.39, 0.29) is 11.3 Å². The van der Waals surface area contributed by atoms with Crippen LogP contribution in [0.3, 0.4) is 0 Å². The molecule has 0 unspecified atom stereocenters. The number of amides is 1. The zero-order valence-corrected chi connectivity index (χ0v) is 15.9. The second-order valence-corrected chi connectivity index (χ2v) is 7.30. The first-order valence-electron chi connectivity index (χ1n) is 8.93. The Labute approximate surface area is 161 Å². The highest BCUT2D eigenvalue weighted by molar-refractivity contribution is 7.00. The summed E-state index contributed by atoms with van der Waals surface area (Å²) in [6.07, 6.45) is 1.74. The topological polar surface area (TPSA) is 73.3 Å². The van der Waals surface area contributed by atoms with Gasteiger partial charge in [0.2, 0.25) is 0 Å². The van der Waals surface area contributed by atoms with Crippen LogP contribution in [-0.4, -0.2) is 41.5 Å². The van der Waals surface area contributed by atoms with E-state index in [0.29, 0.717) is 25.3 Å². The van der Waals surface area contributed by atoms with Gasteiger partial charge < -0.3 is 14.8 Å². The van der Waals surface area contributed by atoms with Crippen molar-refractivity contribution in [2.45, 2.75) is 18.3 Å². The Morgan fingerprint density at radius 2 is 1.89 bits per heavy atom. The lowest BCUT2D eigenvalue weighted by Crippen LogP contribution is -2.44. The van der Waals surface area contributed by atoms with Gasteiger partial charge in [0.05, 0.1) is 18.8 Å². The molecule has 1 aliphatic heterocycles. The average Bonchev–Trinajstić information content (AvgIpc) is 3.20. The van der Waals surface area contributed by atoms with Crippen LogP contribution in [0.5, 0.6) is 5.75 Å². The van der Waals surface area contributed by atoms with Gasteiger partial charge in [0, 0.05) is 30.7 Å². The number of carbonyl (C=O) groups excluding carboxylic acids is 1. The molecule has 0 spiro atoms. The Morgan fingerprint density at radius 3 is 2.63 bits per heavy atom. The van der Waals surface area contributed by atoms with Crippen LogP contribution >= 0.6 is 11.7 Å². The third kappa shape index (κ3) is 3.65. The van der Waals surface area contributed by atoms with Gasteiger partial charge in [-0.05, 0) is 48.7 Å². The molecule has 6 nitrogen and oxygen atoms in total. The monoisotopic (exact) mass is 383 g/mol. The maximum atomic E-state index is 12.7. The number of nitrogens with zero attached hydrogens (tertiary/aromatic N) is 2. The Morgan fingerprint density at radius 1 is 1.15 bits per heavy atom. The highest BCUT2D eigenvalue weighted by atomic mass is 32.1. The molecule has 2 heterocycles. The molecular weight excluding hydrogens is 362 g/mol. The first-order valence-corrected chi connectivity index (χ1v) is 9.66. The largest absolute Gasteiger partial charge is 0.497 e. The fraction of sp³-hybridized carbons (Fsp3) is 0.350. The standard InChI is InChI=1S/C20H21N3O3S/c1-25-16-5-3-15(4-6-16)20(8-10-26-11-9-20)13-21-19(24)14-2-7-17-18(12-14)23-27-22-17/h2-7,12H,8-11,13H2,1H3,(H,21,24). The molecule has 7 heteroatoms. The smallest absolute Gasteiger partial charge is 0.251 e. The zero-order chi connectivity index (χ0) is 18.7. The van der Waals surface area contributed by atoms with Gasteiger partial charge in [0.15, 0.2) is 0 Å². The SMILES string of the molecule is COc1ccc(C2(CNC(=O)c3ccc4nsnc4c3)CCOCC2)cc1. The highest BCUT2D eigenvalue weighted by Crippen LogP contribution is 2.35. The summed E-state index contributed by atoms with van der Waals surface area (Å²) in [4.78, 5) is 12.7. The lowest BCUT2D eigenvalue weighted by Gasteiger charge is -2.38. The Kier molecular flexibility index (Phi) is 5.05. The van der Waals surface area contributed by atoms with E-state index in [9.17, 15) is 4.79 Å². The van der Waals surface area contributed by atoms with Crippen molar-refractivity contribution in [1.29, 1.82) is 0 Å². The molecule has 27 heavy (non-hydrogen) atoms. The maximum absolute atomic E-state index is 12.7. The molecule has 1 fully saturated rings. The summed E-state index contributed by atoms with van der Waals surface area (Å²) in [6.45, 7) is 1.95. The molecule has 0 atom stereocenters. The molecular formula is C20H21N3O3S. The fourth-order valence-corrected chi connectivity index (χ4v) is 4.07. The van der Waals surface area contributed by atoms with Crippen LogP contribution in [0, 0.1) is 0 Å². The van der Waals surface area contributed by atoms with Crippen molar-refractivity contribution >= 4 is 28.7 Å². The van der Waals surface area contributed by atoms with E-state index in [1.165, 1.54) is 5.56 Å². The van der Waals surface area contributed by atoms with Crippen molar-refractivity contribution in [3.8, 4) is 5.75 Å². The minimum Gasteiger partial charge on any atom is -0.497 e. The van der Waals surface area contributed by atoms with Gasteiger partial charge in [-0.3, -0.25) is 4.79 Å². The number of ether oxygens (including phenoxy) is 2. The minimum absolute atomic E-state index is 0.0933. The van der Waals surface area contributed by atoms with E-state index in [2.05, 4.69) is 26.2 Å². The van der Waals surface area contributed by atoms with Gasteiger partial charge >= 0.3 is 0 Å². The van der Waals surface area contributed by atoms with Crippen LogP contribution in [0.2, 0.25) is 0 Å². The molecule has 2 aromatic carbocycles. The second-order valence-electron chi connectivity index (χ2n) is 6.77. The van der Waals surface area contributed by atoms with Gasteiger partial charge in [0.1, 0.15) is 16.8 Å². The van der Waals surface area contributed by atoms with Crippen molar-refractivity contribution in [3.63, 3.8) is 0 Å². The van der Waals surface area contributed by atoms with Crippen LogP contribution in [-0.2, 0) is 10.2 Å². The summed E-state index contributed by atoms with van der Waals surface area (Å²) in [5.74, 6) is 0.736. The van der Waals surface area contributed by atoms with Crippen LogP contribution in [0.4, 0.5) is 0 Å². The van der Waals surface area contributed by atoms with Crippen molar-refractivity contribution < 1.29 is 14.3 Å². The molecule has 1 aromatic heterocycles. The zero-order valence-electron chi connectivity index (χ0n) is 15.1. The Balaban J connectivity index is 1.53. The fourth-order valence-electron chi connectivity index (χ4n) is 3.55. The van der Waals surface area contributed by atoms with Gasteiger partial charge in [0.25, 0.3) is 5.91 Å².